The average molecular weight is 346 g/mol. The number of anilines is 1. The second-order valence-corrected chi connectivity index (χ2v) is 6.90. The summed E-state index contributed by atoms with van der Waals surface area (Å²) < 4.78 is 5.34. The molecule has 2 aliphatic rings. The van der Waals surface area contributed by atoms with Gasteiger partial charge in [0.15, 0.2) is 0 Å². The number of nitrogens with one attached hydrogen (secondary N) is 1. The van der Waals surface area contributed by atoms with E-state index in [9.17, 15) is 4.79 Å². The topological polar surface area (TPSA) is 48.0 Å². The van der Waals surface area contributed by atoms with Gasteiger partial charge < -0.3 is 19.9 Å². The minimum absolute atomic E-state index is 0.0643. The summed E-state index contributed by atoms with van der Waals surface area (Å²) in [5.74, 6) is 0. The summed E-state index contributed by atoms with van der Waals surface area (Å²) in [5, 5.41) is 3.06. The molecular weight excluding hydrogens is 316 g/mol. The van der Waals surface area contributed by atoms with Crippen LogP contribution in [0.15, 0.2) is 18.2 Å². The van der Waals surface area contributed by atoms with Gasteiger partial charge in [-0.25, -0.2) is 4.79 Å². The largest absolute Gasteiger partial charge is 0.379 e. The molecule has 0 spiro atoms. The van der Waals surface area contributed by atoms with Gasteiger partial charge in [-0.05, 0) is 25.0 Å². The second-order valence-electron chi connectivity index (χ2n) is 6.90. The zero-order valence-electron chi connectivity index (χ0n) is 15.5. The molecule has 6 nitrogen and oxygen atoms in total. The second kappa shape index (κ2) is 8.54. The molecule has 0 bridgehead atoms. The number of carbonyl (C=O) groups is 1. The van der Waals surface area contributed by atoms with Crippen molar-refractivity contribution in [3.8, 4) is 0 Å². The van der Waals surface area contributed by atoms with Gasteiger partial charge in [0.25, 0.3) is 0 Å². The Morgan fingerprint density at radius 3 is 2.32 bits per heavy atom. The fourth-order valence-electron chi connectivity index (χ4n) is 3.70. The average Bonchev–Trinajstić information content (AvgIpc) is 2.63. The van der Waals surface area contributed by atoms with Gasteiger partial charge in [0.05, 0.1) is 13.2 Å². The Labute approximate surface area is 150 Å². The highest BCUT2D eigenvalue weighted by molar-refractivity contribution is 5.74. The number of urea groups is 1. The molecule has 2 heterocycles. The lowest BCUT2D eigenvalue weighted by molar-refractivity contribution is 0.0386. The summed E-state index contributed by atoms with van der Waals surface area (Å²) in [6.07, 6.45) is 0. The highest BCUT2D eigenvalue weighted by Gasteiger charge is 2.22. The number of amides is 2. The first kappa shape index (κ1) is 18.0. The van der Waals surface area contributed by atoms with Gasteiger partial charge in [-0.15, -0.1) is 0 Å². The number of piperazine rings is 1. The first-order chi connectivity index (χ1) is 12.1. The van der Waals surface area contributed by atoms with E-state index >= 15 is 0 Å². The van der Waals surface area contributed by atoms with Crippen LogP contribution in [0.1, 0.15) is 11.1 Å². The van der Waals surface area contributed by atoms with E-state index in [1.165, 1.54) is 16.8 Å². The van der Waals surface area contributed by atoms with Crippen LogP contribution in [0, 0.1) is 13.8 Å². The van der Waals surface area contributed by atoms with Crippen LogP contribution in [0.4, 0.5) is 10.5 Å². The molecular formula is C19H30N4O2. The van der Waals surface area contributed by atoms with Crippen LogP contribution in [0.25, 0.3) is 0 Å². The Balaban J connectivity index is 1.43. The van der Waals surface area contributed by atoms with E-state index in [-0.39, 0.29) is 6.03 Å². The molecule has 138 valence electrons. The van der Waals surface area contributed by atoms with Crippen LogP contribution in [0.5, 0.6) is 0 Å². The molecule has 1 aromatic carbocycles. The minimum Gasteiger partial charge on any atom is -0.379 e. The smallest absolute Gasteiger partial charge is 0.317 e. The quantitative estimate of drug-likeness (QED) is 0.897. The maximum Gasteiger partial charge on any atom is 0.317 e. The van der Waals surface area contributed by atoms with E-state index in [1.54, 1.807) is 0 Å². The molecule has 1 aromatic rings. The van der Waals surface area contributed by atoms with E-state index in [2.05, 4.69) is 47.2 Å². The van der Waals surface area contributed by atoms with E-state index in [0.717, 1.165) is 59.0 Å². The zero-order chi connectivity index (χ0) is 17.6. The predicted octanol–water partition coefficient (Wildman–Crippen LogP) is 1.47. The van der Waals surface area contributed by atoms with Gasteiger partial charge >= 0.3 is 6.03 Å². The normalized spacial score (nSPS) is 19.1. The molecule has 2 fully saturated rings. The highest BCUT2D eigenvalue weighted by atomic mass is 16.5. The molecule has 0 aliphatic carbocycles. The lowest BCUT2D eigenvalue weighted by atomic mass is 10.1. The molecule has 2 saturated heterocycles. The van der Waals surface area contributed by atoms with Crippen LogP contribution in [-0.2, 0) is 4.74 Å². The van der Waals surface area contributed by atoms with Gasteiger partial charge in [0.2, 0.25) is 0 Å². The Bertz CT molecular complexity index is 559. The number of carbonyl (C=O) groups excluding carboxylic acids is 1. The van der Waals surface area contributed by atoms with Crippen molar-refractivity contribution < 1.29 is 9.53 Å². The molecule has 3 rings (SSSR count). The summed E-state index contributed by atoms with van der Waals surface area (Å²) in [7, 11) is 0. The molecule has 0 aromatic heterocycles. The number of para-hydroxylation sites is 1. The Morgan fingerprint density at radius 1 is 1.04 bits per heavy atom. The number of nitrogens with zero attached hydrogens (tertiary/aromatic N) is 3. The molecule has 0 atom stereocenters. The fourth-order valence-corrected chi connectivity index (χ4v) is 3.70. The third-order valence-electron chi connectivity index (χ3n) is 5.13. The van der Waals surface area contributed by atoms with E-state index in [0.29, 0.717) is 6.54 Å². The number of rotatable bonds is 4. The molecule has 0 saturated carbocycles. The number of hydrogen-bond donors (Lipinski definition) is 1. The van der Waals surface area contributed by atoms with Crippen molar-refractivity contribution >= 4 is 11.7 Å². The Kier molecular flexibility index (Phi) is 6.15. The van der Waals surface area contributed by atoms with Gasteiger partial charge in [-0.1, -0.05) is 18.2 Å². The number of benzene rings is 1. The lowest BCUT2D eigenvalue weighted by Crippen LogP contribution is -2.53. The van der Waals surface area contributed by atoms with Crippen LogP contribution in [0.2, 0.25) is 0 Å². The van der Waals surface area contributed by atoms with Crippen LogP contribution < -0.4 is 10.2 Å². The lowest BCUT2D eigenvalue weighted by Gasteiger charge is -2.37. The predicted molar refractivity (Wildman–Crippen MR) is 100 cm³/mol. The van der Waals surface area contributed by atoms with Crippen LogP contribution >= 0.6 is 0 Å². The molecule has 6 heteroatoms. The third kappa shape index (κ3) is 4.64. The van der Waals surface area contributed by atoms with Crippen molar-refractivity contribution in [1.29, 1.82) is 0 Å². The van der Waals surface area contributed by atoms with Crippen LogP contribution in [0.3, 0.4) is 0 Å². The Morgan fingerprint density at radius 2 is 1.68 bits per heavy atom. The first-order valence-electron chi connectivity index (χ1n) is 9.29. The highest BCUT2D eigenvalue weighted by Crippen LogP contribution is 2.25. The van der Waals surface area contributed by atoms with Crippen molar-refractivity contribution in [3.63, 3.8) is 0 Å². The summed E-state index contributed by atoms with van der Waals surface area (Å²) >= 11 is 0. The Hall–Kier alpha value is -1.79. The minimum atomic E-state index is 0.0643. The number of ether oxygens (including phenoxy) is 1. The van der Waals surface area contributed by atoms with E-state index in [4.69, 9.17) is 4.74 Å². The SMILES string of the molecule is Cc1cccc(C)c1N1CCN(C(=O)NCCN2CCOCC2)CC1. The molecule has 25 heavy (non-hydrogen) atoms. The maximum absolute atomic E-state index is 12.4. The van der Waals surface area contributed by atoms with Crippen molar-refractivity contribution in [3.05, 3.63) is 29.3 Å². The van der Waals surface area contributed by atoms with E-state index < -0.39 is 0 Å². The van der Waals surface area contributed by atoms with Gasteiger partial charge in [0.1, 0.15) is 0 Å². The fraction of sp³-hybridized carbons (Fsp3) is 0.632. The summed E-state index contributed by atoms with van der Waals surface area (Å²) in [5.41, 5.74) is 3.95. The molecule has 0 unspecified atom stereocenters. The summed E-state index contributed by atoms with van der Waals surface area (Å²) in [6, 6.07) is 6.49. The number of hydrogen-bond acceptors (Lipinski definition) is 4. The number of aryl methyl sites for hydroxylation is 2. The summed E-state index contributed by atoms with van der Waals surface area (Å²) in [4.78, 5) is 19.0. The maximum atomic E-state index is 12.4. The van der Waals surface area contributed by atoms with Crippen molar-refractivity contribution in [2.75, 3.05) is 70.5 Å². The summed E-state index contributed by atoms with van der Waals surface area (Å²) in [6.45, 7) is 12.8. The van der Waals surface area contributed by atoms with Gasteiger partial charge in [-0.3, -0.25) is 4.90 Å². The van der Waals surface area contributed by atoms with Crippen molar-refractivity contribution in [2.45, 2.75) is 13.8 Å². The third-order valence-corrected chi connectivity index (χ3v) is 5.13. The first-order valence-corrected chi connectivity index (χ1v) is 9.29. The van der Waals surface area contributed by atoms with Crippen molar-refractivity contribution in [2.24, 2.45) is 0 Å². The van der Waals surface area contributed by atoms with Crippen LogP contribution in [-0.4, -0.2) is 81.4 Å². The molecule has 1 N–H and O–H groups in total. The monoisotopic (exact) mass is 346 g/mol. The van der Waals surface area contributed by atoms with Gasteiger partial charge in [-0.2, -0.15) is 0 Å². The standard InChI is InChI=1S/C19H30N4O2/c1-16-4-3-5-17(2)18(16)22-8-10-23(11-9-22)19(24)20-6-7-21-12-14-25-15-13-21/h3-5H,6-15H2,1-2H3,(H,20,24). The van der Waals surface area contributed by atoms with Gasteiger partial charge in [0, 0.05) is 58.0 Å². The molecule has 2 aliphatic heterocycles. The van der Waals surface area contributed by atoms with E-state index in [1.807, 2.05) is 4.90 Å². The molecule has 0 radical (unpaired) electrons. The molecule has 2 amide bonds. The number of morpholine rings is 1. The van der Waals surface area contributed by atoms with Crippen molar-refractivity contribution in [1.82, 2.24) is 15.1 Å². The zero-order valence-corrected chi connectivity index (χ0v) is 15.5.